The van der Waals surface area contributed by atoms with Crippen molar-refractivity contribution in [1.29, 1.82) is 0 Å². The largest absolute Gasteiger partial charge is 0.377 e. The van der Waals surface area contributed by atoms with Crippen LogP contribution >= 0.6 is 38.9 Å². The third-order valence-corrected chi connectivity index (χ3v) is 6.48. The summed E-state index contributed by atoms with van der Waals surface area (Å²) in [6.07, 6.45) is 0. The molecule has 0 aliphatic carbocycles. The molecule has 0 aromatic carbocycles. The molecule has 0 aliphatic heterocycles. The topological polar surface area (TPSA) is 55.4 Å². The van der Waals surface area contributed by atoms with E-state index in [0.29, 0.717) is 8.81 Å². The Kier molecular flexibility index (Phi) is 5.02. The first-order chi connectivity index (χ1) is 7.68. The van der Waals surface area contributed by atoms with Crippen molar-refractivity contribution in [3.8, 4) is 0 Å². The van der Waals surface area contributed by atoms with E-state index in [0.717, 1.165) is 11.3 Å². The zero-order chi connectivity index (χ0) is 13.3. The van der Waals surface area contributed by atoms with E-state index < -0.39 is 15.6 Å². The molecular formula is C9H13BrClNO3S2. The number of halogens is 2. The van der Waals surface area contributed by atoms with Crippen molar-refractivity contribution >= 4 is 48.9 Å². The van der Waals surface area contributed by atoms with Gasteiger partial charge >= 0.3 is 0 Å². The van der Waals surface area contributed by atoms with Gasteiger partial charge < -0.3 is 4.74 Å². The lowest BCUT2D eigenvalue weighted by molar-refractivity contribution is 0.0276. The van der Waals surface area contributed by atoms with E-state index >= 15 is 0 Å². The molecule has 0 saturated heterocycles. The SMILES string of the molecule is COC(C)(C)CNS(=O)(=O)c1cc(Cl)c(Br)s1. The van der Waals surface area contributed by atoms with Crippen LogP contribution in [0.2, 0.25) is 5.02 Å². The summed E-state index contributed by atoms with van der Waals surface area (Å²) in [6, 6.07) is 1.42. The van der Waals surface area contributed by atoms with Crippen molar-refractivity contribution in [2.75, 3.05) is 13.7 Å². The summed E-state index contributed by atoms with van der Waals surface area (Å²) < 4.78 is 32.3. The molecular weight excluding hydrogens is 350 g/mol. The number of rotatable bonds is 5. The van der Waals surface area contributed by atoms with Gasteiger partial charge in [0.05, 0.1) is 14.4 Å². The van der Waals surface area contributed by atoms with Crippen LogP contribution in [0.1, 0.15) is 13.8 Å². The Hall–Kier alpha value is 0.340. The summed E-state index contributed by atoms with van der Waals surface area (Å²) in [6.45, 7) is 3.79. The minimum Gasteiger partial charge on any atom is -0.377 e. The fourth-order valence-corrected chi connectivity index (χ4v) is 4.51. The number of thiophene rings is 1. The average Bonchev–Trinajstić information content (AvgIpc) is 2.58. The van der Waals surface area contributed by atoms with E-state index in [9.17, 15) is 8.42 Å². The van der Waals surface area contributed by atoms with Gasteiger partial charge in [-0.2, -0.15) is 0 Å². The molecule has 0 saturated carbocycles. The van der Waals surface area contributed by atoms with Crippen molar-refractivity contribution in [1.82, 2.24) is 4.72 Å². The molecule has 1 rings (SSSR count). The standard InChI is InChI=1S/C9H13BrClNO3S2/c1-9(2,15-3)5-12-17(13,14)7-4-6(11)8(10)16-7/h4,12H,5H2,1-3H3. The van der Waals surface area contributed by atoms with E-state index in [-0.39, 0.29) is 10.8 Å². The van der Waals surface area contributed by atoms with E-state index in [2.05, 4.69) is 20.7 Å². The summed E-state index contributed by atoms with van der Waals surface area (Å²) in [4.78, 5) is 0. The van der Waals surface area contributed by atoms with E-state index in [1.807, 2.05) is 0 Å². The molecule has 1 N–H and O–H groups in total. The number of ether oxygens (including phenoxy) is 1. The Morgan fingerprint density at radius 3 is 2.59 bits per heavy atom. The van der Waals surface area contributed by atoms with Gasteiger partial charge in [-0.1, -0.05) is 11.6 Å². The van der Waals surface area contributed by atoms with Crippen LogP contribution in [0, 0.1) is 0 Å². The molecule has 8 heteroatoms. The maximum Gasteiger partial charge on any atom is 0.250 e. The molecule has 0 radical (unpaired) electrons. The molecule has 0 unspecified atom stereocenters. The van der Waals surface area contributed by atoms with E-state index in [4.69, 9.17) is 16.3 Å². The van der Waals surface area contributed by atoms with Gasteiger partial charge in [0.15, 0.2) is 0 Å². The van der Waals surface area contributed by atoms with Crippen molar-refractivity contribution in [2.45, 2.75) is 23.7 Å². The minimum atomic E-state index is -3.53. The summed E-state index contributed by atoms with van der Waals surface area (Å²) in [5.74, 6) is 0. The van der Waals surface area contributed by atoms with E-state index in [1.165, 1.54) is 13.2 Å². The monoisotopic (exact) mass is 361 g/mol. The predicted molar refractivity (Wildman–Crippen MR) is 73.3 cm³/mol. The highest BCUT2D eigenvalue weighted by Gasteiger charge is 2.23. The van der Waals surface area contributed by atoms with Crippen molar-refractivity contribution < 1.29 is 13.2 Å². The van der Waals surface area contributed by atoms with Gasteiger partial charge in [-0.15, -0.1) is 11.3 Å². The zero-order valence-electron chi connectivity index (χ0n) is 9.58. The quantitative estimate of drug-likeness (QED) is 0.876. The summed E-state index contributed by atoms with van der Waals surface area (Å²) in [5.41, 5.74) is -0.550. The van der Waals surface area contributed by atoms with Crippen molar-refractivity contribution in [3.05, 3.63) is 14.9 Å². The van der Waals surface area contributed by atoms with Crippen LogP contribution in [0.4, 0.5) is 0 Å². The lowest BCUT2D eigenvalue weighted by Crippen LogP contribution is -2.39. The maximum absolute atomic E-state index is 11.9. The second kappa shape index (κ2) is 5.54. The van der Waals surface area contributed by atoms with Gasteiger partial charge in [-0.05, 0) is 35.8 Å². The fourth-order valence-electron chi connectivity index (χ4n) is 0.871. The minimum absolute atomic E-state index is 0.182. The van der Waals surface area contributed by atoms with Crippen LogP contribution in [-0.2, 0) is 14.8 Å². The molecule has 1 heterocycles. The van der Waals surface area contributed by atoms with Gasteiger partial charge in [0, 0.05) is 13.7 Å². The summed E-state index contributed by atoms with van der Waals surface area (Å²) >= 11 is 10.1. The number of methoxy groups -OCH3 is 1. The van der Waals surface area contributed by atoms with Crippen molar-refractivity contribution in [3.63, 3.8) is 0 Å². The third-order valence-electron chi connectivity index (χ3n) is 2.13. The highest BCUT2D eigenvalue weighted by molar-refractivity contribution is 9.11. The Labute approximate surface area is 118 Å². The van der Waals surface area contributed by atoms with Crippen LogP contribution in [0.25, 0.3) is 0 Å². The van der Waals surface area contributed by atoms with Gasteiger partial charge in [0.1, 0.15) is 4.21 Å². The normalized spacial score (nSPS) is 13.0. The Balaban J connectivity index is 2.83. The molecule has 0 spiro atoms. The van der Waals surface area contributed by atoms with Crippen LogP contribution < -0.4 is 4.72 Å². The average molecular weight is 363 g/mol. The predicted octanol–water partition coefficient (Wildman–Crippen LogP) is 2.87. The highest BCUT2D eigenvalue weighted by Crippen LogP contribution is 2.34. The lowest BCUT2D eigenvalue weighted by atomic mass is 10.1. The first-order valence-electron chi connectivity index (χ1n) is 4.67. The van der Waals surface area contributed by atoms with Crippen LogP contribution in [0.5, 0.6) is 0 Å². The second-order valence-electron chi connectivity index (χ2n) is 3.98. The Morgan fingerprint density at radius 1 is 1.59 bits per heavy atom. The maximum atomic E-state index is 11.9. The molecule has 0 aliphatic rings. The lowest BCUT2D eigenvalue weighted by Gasteiger charge is -2.22. The highest BCUT2D eigenvalue weighted by atomic mass is 79.9. The van der Waals surface area contributed by atoms with Gasteiger partial charge in [-0.3, -0.25) is 0 Å². The van der Waals surface area contributed by atoms with Gasteiger partial charge in [0.25, 0.3) is 0 Å². The van der Waals surface area contributed by atoms with Crippen molar-refractivity contribution in [2.24, 2.45) is 0 Å². The fraction of sp³-hybridized carbons (Fsp3) is 0.556. The molecule has 1 aromatic rings. The summed E-state index contributed by atoms with van der Waals surface area (Å²) in [5, 5.41) is 0.390. The second-order valence-corrected chi connectivity index (χ2v) is 8.75. The Morgan fingerprint density at radius 2 is 2.18 bits per heavy atom. The molecule has 98 valence electrons. The Bertz CT molecular complexity index is 479. The number of sulfonamides is 1. The number of hydrogen-bond acceptors (Lipinski definition) is 4. The van der Waals surface area contributed by atoms with Crippen LogP contribution in [0.3, 0.4) is 0 Å². The summed E-state index contributed by atoms with van der Waals surface area (Å²) in [7, 11) is -2.00. The van der Waals surface area contributed by atoms with Gasteiger partial charge in [0.2, 0.25) is 10.0 Å². The molecule has 0 amide bonds. The third kappa shape index (κ3) is 4.18. The number of hydrogen-bond donors (Lipinski definition) is 1. The van der Waals surface area contributed by atoms with E-state index in [1.54, 1.807) is 13.8 Å². The van der Waals surface area contributed by atoms with Gasteiger partial charge in [-0.25, -0.2) is 13.1 Å². The molecule has 17 heavy (non-hydrogen) atoms. The molecule has 4 nitrogen and oxygen atoms in total. The van der Waals surface area contributed by atoms with Crippen LogP contribution in [-0.4, -0.2) is 27.7 Å². The van der Waals surface area contributed by atoms with Crippen LogP contribution in [0.15, 0.2) is 14.1 Å². The molecule has 0 bridgehead atoms. The first kappa shape index (κ1) is 15.4. The number of nitrogens with one attached hydrogen (secondary N) is 1. The molecule has 1 aromatic heterocycles. The zero-order valence-corrected chi connectivity index (χ0v) is 13.6. The smallest absolute Gasteiger partial charge is 0.250 e. The molecule has 0 fully saturated rings. The molecule has 0 atom stereocenters. The first-order valence-corrected chi connectivity index (χ1v) is 8.15.